The minimum absolute atomic E-state index is 0. The van der Waals surface area contributed by atoms with Crippen molar-refractivity contribution in [1.82, 2.24) is 0 Å². The molecule has 0 unspecified atom stereocenters. The smallest absolute Gasteiger partial charge is 0.744 e. The fraction of sp³-hybridized carbons (Fsp3) is 0.143. The Morgan fingerprint density at radius 1 is 1.00 bits per heavy atom. The molecule has 0 aromatic heterocycles. The average molecular weight is 300 g/mol. The summed E-state index contributed by atoms with van der Waals surface area (Å²) in [6.07, 6.45) is -4.54. The van der Waals surface area contributed by atoms with Crippen LogP contribution >= 0.6 is 0 Å². The Hall–Kier alpha value is -0.628. The number of benzene rings is 1. The van der Waals surface area contributed by atoms with E-state index in [-0.39, 0.29) is 18.9 Å². The first-order chi connectivity index (χ1) is 7.94. The van der Waals surface area contributed by atoms with Crippen molar-refractivity contribution >= 4 is 17.7 Å². The monoisotopic (exact) mass is 300 g/mol. The van der Waals surface area contributed by atoms with Gasteiger partial charge in [-0.2, -0.15) is 13.2 Å². The zero-order valence-electron chi connectivity index (χ0n) is 9.29. The Balaban J connectivity index is 0. The first-order valence-electron chi connectivity index (χ1n) is 4.00. The molecular formula is C7H4BF6LiO3S. The molecule has 0 bridgehead atoms. The molecule has 0 amide bonds. The molecule has 0 fully saturated rings. The van der Waals surface area contributed by atoms with E-state index in [1.54, 1.807) is 0 Å². The van der Waals surface area contributed by atoms with Gasteiger partial charge >= 0.3 is 32.6 Å². The molecule has 0 spiro atoms. The number of hydrogen-bond donors (Lipinski definition) is 0. The van der Waals surface area contributed by atoms with Crippen molar-refractivity contribution in [3.63, 3.8) is 0 Å². The average Bonchev–Trinajstić information content (AvgIpc) is 2.14. The van der Waals surface area contributed by atoms with Crippen LogP contribution in [0.1, 0.15) is 5.56 Å². The minimum Gasteiger partial charge on any atom is -0.744 e. The van der Waals surface area contributed by atoms with Gasteiger partial charge in [0.1, 0.15) is 10.1 Å². The van der Waals surface area contributed by atoms with Gasteiger partial charge in [0.05, 0.1) is 10.5 Å². The minimum atomic E-state index is -4.68. The fourth-order valence-electron chi connectivity index (χ4n) is 0.811. The van der Waals surface area contributed by atoms with Crippen LogP contribution in [0.15, 0.2) is 29.2 Å². The van der Waals surface area contributed by atoms with E-state index in [4.69, 9.17) is 0 Å². The summed E-state index contributed by atoms with van der Waals surface area (Å²) in [5.41, 5.74) is -0.995. The van der Waals surface area contributed by atoms with Crippen LogP contribution in [0.25, 0.3) is 0 Å². The molecule has 0 radical (unpaired) electrons. The van der Waals surface area contributed by atoms with Crippen molar-refractivity contribution in [2.24, 2.45) is 0 Å². The van der Waals surface area contributed by atoms with Crippen LogP contribution in [0.3, 0.4) is 0 Å². The van der Waals surface area contributed by atoms with E-state index >= 15 is 0 Å². The molecule has 1 aromatic carbocycles. The summed E-state index contributed by atoms with van der Waals surface area (Å²) in [4.78, 5) is -0.675. The van der Waals surface area contributed by atoms with Gasteiger partial charge in [-0.15, -0.1) is 0 Å². The molecule has 3 nitrogen and oxygen atoms in total. The molecule has 1 aromatic rings. The summed E-state index contributed by atoms with van der Waals surface area (Å²) in [6, 6.07) is 2.35. The van der Waals surface area contributed by atoms with Crippen molar-refractivity contribution in [1.29, 1.82) is 0 Å². The molecule has 0 heterocycles. The standard InChI is InChI=1S/C7H5F3O3S.BF3.Li/c8-7(9,10)5-1-3-6(4-2-5)14(11,12)13;2-1(3)4;/h1-4H,(H,11,12,13);;/q;;+1/p-1. The molecule has 0 saturated heterocycles. The van der Waals surface area contributed by atoms with E-state index in [2.05, 4.69) is 0 Å². The Labute approximate surface area is 117 Å². The molecule has 0 atom stereocenters. The second-order valence-corrected chi connectivity index (χ2v) is 4.10. The normalized spacial score (nSPS) is 10.9. The van der Waals surface area contributed by atoms with Gasteiger partial charge in [0.2, 0.25) is 0 Å². The molecule has 1 rings (SSSR count). The predicted molar refractivity (Wildman–Crippen MR) is 48.5 cm³/mol. The van der Waals surface area contributed by atoms with Gasteiger partial charge in [-0.25, -0.2) is 8.42 Å². The summed E-state index contributed by atoms with van der Waals surface area (Å²) in [7, 11) is -8.35. The Morgan fingerprint density at radius 3 is 1.53 bits per heavy atom. The maximum absolute atomic E-state index is 12.0. The van der Waals surface area contributed by atoms with Crippen molar-refractivity contribution in [2.45, 2.75) is 11.1 Å². The van der Waals surface area contributed by atoms with Gasteiger partial charge in [0, 0.05) is 0 Å². The number of rotatable bonds is 1. The quantitative estimate of drug-likeness (QED) is 0.399. The van der Waals surface area contributed by atoms with Crippen LogP contribution in [-0.2, 0) is 16.3 Å². The molecule has 0 N–H and O–H groups in total. The molecule has 102 valence electrons. The Bertz CT molecular complexity index is 472. The van der Waals surface area contributed by atoms with E-state index in [9.17, 15) is 39.1 Å². The van der Waals surface area contributed by atoms with Crippen LogP contribution in [0.4, 0.5) is 26.1 Å². The molecule has 12 heteroatoms. The predicted octanol–water partition coefficient (Wildman–Crippen LogP) is -0.507. The first kappa shape index (κ1) is 20.7. The Kier molecular flexibility index (Phi) is 8.53. The number of alkyl halides is 3. The zero-order valence-corrected chi connectivity index (χ0v) is 10.1. The van der Waals surface area contributed by atoms with Gasteiger partial charge in [0.25, 0.3) is 0 Å². The maximum atomic E-state index is 12.0. The van der Waals surface area contributed by atoms with Crippen molar-refractivity contribution in [3.8, 4) is 0 Å². The van der Waals surface area contributed by atoms with Crippen molar-refractivity contribution < 1.29 is 57.9 Å². The third-order valence-electron chi connectivity index (χ3n) is 1.47. The number of hydrogen-bond acceptors (Lipinski definition) is 3. The number of halogens is 6. The second kappa shape index (κ2) is 7.84. The zero-order chi connectivity index (χ0) is 14.6. The molecule has 0 aliphatic carbocycles. The van der Waals surface area contributed by atoms with Gasteiger partial charge in [0.15, 0.2) is 0 Å². The summed E-state index contributed by atoms with van der Waals surface area (Å²) >= 11 is 0. The molecule has 0 aliphatic rings. The third kappa shape index (κ3) is 8.99. The molecule has 0 aliphatic heterocycles. The van der Waals surface area contributed by atoms with E-state index in [0.29, 0.717) is 24.3 Å². The summed E-state index contributed by atoms with van der Waals surface area (Å²) < 4.78 is 96.0. The van der Waals surface area contributed by atoms with Gasteiger partial charge in [-0.3, -0.25) is 12.9 Å². The van der Waals surface area contributed by atoms with Gasteiger partial charge in [-0.1, -0.05) is 0 Å². The van der Waals surface area contributed by atoms with E-state index in [1.807, 2.05) is 0 Å². The van der Waals surface area contributed by atoms with Crippen molar-refractivity contribution in [2.75, 3.05) is 0 Å². The first-order valence-corrected chi connectivity index (χ1v) is 5.41. The summed E-state index contributed by atoms with van der Waals surface area (Å²) in [5, 5.41) is 0. The summed E-state index contributed by atoms with van der Waals surface area (Å²) in [5.74, 6) is 0. The van der Waals surface area contributed by atoms with Crippen LogP contribution in [0.2, 0.25) is 0 Å². The Morgan fingerprint density at radius 2 is 1.32 bits per heavy atom. The van der Waals surface area contributed by atoms with E-state index in [0.717, 1.165) is 0 Å². The van der Waals surface area contributed by atoms with E-state index in [1.165, 1.54) is 0 Å². The largest absolute Gasteiger partial charge is 1.00 e. The van der Waals surface area contributed by atoms with Crippen LogP contribution in [0, 0.1) is 0 Å². The molecule has 0 saturated carbocycles. The van der Waals surface area contributed by atoms with Crippen molar-refractivity contribution in [3.05, 3.63) is 29.8 Å². The van der Waals surface area contributed by atoms with Crippen LogP contribution < -0.4 is 18.9 Å². The molecular weight excluding hydrogens is 296 g/mol. The van der Waals surface area contributed by atoms with E-state index < -0.39 is 34.3 Å². The maximum Gasteiger partial charge on any atom is 1.00 e. The fourth-order valence-corrected chi connectivity index (χ4v) is 1.28. The SMILES string of the molecule is FB(F)F.O=S(=O)([O-])c1ccc(C(F)(F)F)cc1.[Li+]. The van der Waals surface area contributed by atoms with Crippen LogP contribution in [0.5, 0.6) is 0 Å². The topological polar surface area (TPSA) is 57.2 Å². The van der Waals surface area contributed by atoms with Gasteiger partial charge in [-0.05, 0) is 24.3 Å². The molecule has 19 heavy (non-hydrogen) atoms. The summed E-state index contributed by atoms with van der Waals surface area (Å²) in [6.45, 7) is 0. The van der Waals surface area contributed by atoms with Gasteiger partial charge < -0.3 is 4.55 Å². The third-order valence-corrected chi connectivity index (χ3v) is 2.32. The van der Waals surface area contributed by atoms with Crippen LogP contribution in [-0.4, -0.2) is 20.5 Å². The second-order valence-electron chi connectivity index (χ2n) is 2.72.